The molecule has 0 amide bonds. The summed E-state index contributed by atoms with van der Waals surface area (Å²) < 4.78 is 0.828. The minimum absolute atomic E-state index is 0.257. The first-order chi connectivity index (χ1) is 4.81. The fraction of sp³-hybridized carbons (Fsp3) is 0.875. The van der Waals surface area contributed by atoms with Crippen LogP contribution >= 0.6 is 0 Å². The van der Waals surface area contributed by atoms with Crippen molar-refractivity contribution >= 4 is 5.97 Å². The van der Waals surface area contributed by atoms with Crippen molar-refractivity contribution in [3.63, 3.8) is 0 Å². The smallest absolute Gasteiger partial charge is 0.303 e. The van der Waals surface area contributed by atoms with Crippen LogP contribution in [0.25, 0.3) is 0 Å². The molecule has 0 aliphatic rings. The molecule has 0 saturated carbocycles. The number of aliphatic carboxylic acids is 1. The second-order valence-corrected chi connectivity index (χ2v) is 4.18. The van der Waals surface area contributed by atoms with Crippen molar-refractivity contribution in [2.45, 2.75) is 13.3 Å². The van der Waals surface area contributed by atoms with E-state index in [9.17, 15) is 4.79 Å². The fourth-order valence-electron chi connectivity index (χ4n) is 1.30. The van der Waals surface area contributed by atoms with Crippen LogP contribution in [0.5, 0.6) is 0 Å². The highest BCUT2D eigenvalue weighted by molar-refractivity contribution is 5.66. The molecule has 0 rings (SSSR count). The number of hydrogen-bond donors (Lipinski definition) is 1. The summed E-state index contributed by atoms with van der Waals surface area (Å²) in [6.45, 7) is 2.88. The minimum atomic E-state index is -0.703. The molecule has 0 heterocycles. The van der Waals surface area contributed by atoms with Crippen LogP contribution in [0.4, 0.5) is 0 Å². The van der Waals surface area contributed by atoms with E-state index in [-0.39, 0.29) is 12.3 Å². The van der Waals surface area contributed by atoms with E-state index in [2.05, 4.69) is 21.1 Å². The summed E-state index contributed by atoms with van der Waals surface area (Å²) >= 11 is 0. The van der Waals surface area contributed by atoms with Gasteiger partial charge in [-0.3, -0.25) is 4.79 Å². The quantitative estimate of drug-likeness (QED) is 0.618. The van der Waals surface area contributed by atoms with Gasteiger partial charge in [0, 0.05) is 5.92 Å². The van der Waals surface area contributed by atoms with Crippen molar-refractivity contribution in [1.82, 2.24) is 0 Å². The molecule has 0 bridgehead atoms. The highest BCUT2D eigenvalue weighted by Gasteiger charge is 2.15. The Balaban J connectivity index is 3.69. The van der Waals surface area contributed by atoms with Gasteiger partial charge in [0.25, 0.3) is 0 Å². The maximum atomic E-state index is 10.3. The van der Waals surface area contributed by atoms with Gasteiger partial charge >= 0.3 is 5.97 Å². The second kappa shape index (κ2) is 3.72. The Morgan fingerprint density at radius 3 is 2.18 bits per heavy atom. The summed E-state index contributed by atoms with van der Waals surface area (Å²) in [6.07, 6.45) is 0.273. The van der Waals surface area contributed by atoms with Crippen molar-refractivity contribution in [2.75, 3.05) is 27.7 Å². The molecule has 1 atom stereocenters. The first-order valence-corrected chi connectivity index (χ1v) is 3.83. The molecule has 0 saturated heterocycles. The predicted octanol–water partition coefficient (Wildman–Crippen LogP) is 0.803. The first-order valence-electron chi connectivity index (χ1n) is 3.83. The van der Waals surface area contributed by atoms with Crippen molar-refractivity contribution in [1.29, 1.82) is 0 Å². The summed E-state index contributed by atoms with van der Waals surface area (Å²) in [7, 11) is 6.20. The fourth-order valence-corrected chi connectivity index (χ4v) is 1.30. The molecule has 11 heavy (non-hydrogen) atoms. The average Bonchev–Trinajstić information content (AvgIpc) is 1.53. The lowest BCUT2D eigenvalue weighted by Crippen LogP contribution is -2.38. The Labute approximate surface area is 68.2 Å². The van der Waals surface area contributed by atoms with Crippen LogP contribution in [-0.2, 0) is 4.79 Å². The van der Waals surface area contributed by atoms with E-state index in [4.69, 9.17) is 5.11 Å². The van der Waals surface area contributed by atoms with Crippen LogP contribution < -0.4 is 0 Å². The number of hydrogen-bond acceptors (Lipinski definition) is 1. The number of carboxylic acids is 1. The Morgan fingerprint density at radius 1 is 1.45 bits per heavy atom. The molecule has 0 unspecified atom stereocenters. The van der Waals surface area contributed by atoms with Crippen LogP contribution in [0.2, 0.25) is 0 Å². The van der Waals surface area contributed by atoms with Gasteiger partial charge in [0.15, 0.2) is 0 Å². The first kappa shape index (κ1) is 10.4. The van der Waals surface area contributed by atoms with Gasteiger partial charge in [-0.25, -0.2) is 0 Å². The third-order valence-corrected chi connectivity index (χ3v) is 1.38. The van der Waals surface area contributed by atoms with Gasteiger partial charge in [-0.2, -0.15) is 0 Å². The van der Waals surface area contributed by atoms with Crippen molar-refractivity contribution < 1.29 is 14.4 Å². The lowest BCUT2D eigenvalue weighted by atomic mass is 10.1. The van der Waals surface area contributed by atoms with Gasteiger partial charge in [-0.05, 0) is 0 Å². The highest BCUT2D eigenvalue weighted by atomic mass is 16.4. The SMILES string of the molecule is C[C@H](CC(=O)O)C[N+](C)(C)C. The lowest BCUT2D eigenvalue weighted by Gasteiger charge is -2.26. The molecule has 0 fully saturated rings. The Hall–Kier alpha value is -0.570. The normalized spacial score (nSPS) is 14.5. The van der Waals surface area contributed by atoms with Gasteiger partial charge in [0.05, 0.1) is 34.1 Å². The molecule has 0 radical (unpaired) electrons. The Bertz CT molecular complexity index is 138. The van der Waals surface area contributed by atoms with E-state index in [0.717, 1.165) is 11.0 Å². The van der Waals surface area contributed by atoms with Crippen LogP contribution in [0.15, 0.2) is 0 Å². The Morgan fingerprint density at radius 2 is 1.91 bits per heavy atom. The molecule has 0 aliphatic carbocycles. The van der Waals surface area contributed by atoms with E-state index in [1.807, 2.05) is 6.92 Å². The summed E-state index contributed by atoms with van der Waals surface area (Å²) in [6, 6.07) is 0. The molecule has 0 aromatic heterocycles. The van der Waals surface area contributed by atoms with E-state index < -0.39 is 5.97 Å². The predicted molar refractivity (Wildman–Crippen MR) is 44.3 cm³/mol. The number of rotatable bonds is 4. The zero-order chi connectivity index (χ0) is 9.07. The minimum Gasteiger partial charge on any atom is -0.481 e. The van der Waals surface area contributed by atoms with E-state index >= 15 is 0 Å². The zero-order valence-electron chi connectivity index (χ0n) is 7.79. The third kappa shape index (κ3) is 7.33. The molecule has 66 valence electrons. The largest absolute Gasteiger partial charge is 0.481 e. The molecule has 0 aromatic rings. The average molecular weight is 160 g/mol. The van der Waals surface area contributed by atoms with Crippen molar-refractivity contribution in [3.8, 4) is 0 Å². The van der Waals surface area contributed by atoms with E-state index in [1.54, 1.807) is 0 Å². The molecule has 1 N–H and O–H groups in total. The standard InChI is InChI=1S/C8H17NO2/c1-7(5-8(10)11)6-9(2,3)4/h7H,5-6H2,1-4H3/p+1/t7-/m1/s1. The van der Waals surface area contributed by atoms with Crippen LogP contribution in [0.1, 0.15) is 13.3 Å². The van der Waals surface area contributed by atoms with Crippen molar-refractivity contribution in [3.05, 3.63) is 0 Å². The molecule has 3 nitrogen and oxygen atoms in total. The van der Waals surface area contributed by atoms with Crippen LogP contribution in [-0.4, -0.2) is 43.2 Å². The van der Waals surface area contributed by atoms with Gasteiger partial charge in [-0.15, -0.1) is 0 Å². The molecule has 3 heteroatoms. The maximum Gasteiger partial charge on any atom is 0.303 e. The second-order valence-electron chi connectivity index (χ2n) is 4.18. The number of carbonyl (C=O) groups is 1. The monoisotopic (exact) mass is 160 g/mol. The van der Waals surface area contributed by atoms with Gasteiger partial charge in [0.1, 0.15) is 0 Å². The number of nitrogens with zero attached hydrogens (tertiary/aromatic N) is 1. The van der Waals surface area contributed by atoms with Crippen LogP contribution in [0, 0.1) is 5.92 Å². The van der Waals surface area contributed by atoms with E-state index in [0.29, 0.717) is 0 Å². The third-order valence-electron chi connectivity index (χ3n) is 1.38. The Kier molecular flexibility index (Phi) is 3.52. The topological polar surface area (TPSA) is 37.3 Å². The van der Waals surface area contributed by atoms with Crippen molar-refractivity contribution in [2.24, 2.45) is 5.92 Å². The van der Waals surface area contributed by atoms with E-state index in [1.165, 1.54) is 0 Å². The number of quaternary nitrogens is 1. The molecule has 0 aliphatic heterocycles. The number of carboxylic acid groups (broad SMARTS) is 1. The van der Waals surface area contributed by atoms with Crippen LogP contribution in [0.3, 0.4) is 0 Å². The summed E-state index contributed by atoms with van der Waals surface area (Å²) in [5.41, 5.74) is 0. The lowest BCUT2D eigenvalue weighted by molar-refractivity contribution is -0.873. The summed E-state index contributed by atoms with van der Waals surface area (Å²) in [5, 5.41) is 8.47. The van der Waals surface area contributed by atoms with Gasteiger partial charge in [-0.1, -0.05) is 6.92 Å². The van der Waals surface area contributed by atoms with Gasteiger partial charge in [0.2, 0.25) is 0 Å². The molecular formula is C8H18NO2+. The highest BCUT2D eigenvalue weighted by Crippen LogP contribution is 2.06. The summed E-state index contributed by atoms with van der Waals surface area (Å²) in [5.74, 6) is -0.446. The zero-order valence-corrected chi connectivity index (χ0v) is 7.79. The summed E-state index contributed by atoms with van der Waals surface area (Å²) in [4.78, 5) is 10.3. The maximum absolute atomic E-state index is 10.3. The molecule has 0 spiro atoms. The molecular weight excluding hydrogens is 142 g/mol. The van der Waals surface area contributed by atoms with Gasteiger partial charge < -0.3 is 9.59 Å². The molecule has 0 aromatic carbocycles.